The molecule has 110 valence electrons. The van der Waals surface area contributed by atoms with Crippen LogP contribution >= 0.6 is 0 Å². The smallest absolute Gasteiger partial charge is 0.315 e. The lowest BCUT2D eigenvalue weighted by Gasteiger charge is -2.25. The zero-order valence-electron chi connectivity index (χ0n) is 12.9. The molecule has 0 fully saturated rings. The molecule has 0 amide bonds. The van der Waals surface area contributed by atoms with Crippen LogP contribution in [0.5, 0.6) is 0 Å². The SMILES string of the molecule is COC(=O)C(C)(C)c1ccc(C(C)(C)C(=O)OC)cc1. The summed E-state index contributed by atoms with van der Waals surface area (Å²) in [6.45, 7) is 7.22. The van der Waals surface area contributed by atoms with Gasteiger partial charge < -0.3 is 9.47 Å². The average Bonchev–Trinajstić information content (AvgIpc) is 2.45. The number of benzene rings is 1. The van der Waals surface area contributed by atoms with Crippen molar-refractivity contribution in [3.05, 3.63) is 35.4 Å². The molecular formula is C16H22O4. The molecule has 0 bridgehead atoms. The molecule has 0 heterocycles. The van der Waals surface area contributed by atoms with E-state index in [0.29, 0.717) is 0 Å². The van der Waals surface area contributed by atoms with Crippen LogP contribution < -0.4 is 0 Å². The molecule has 4 nitrogen and oxygen atoms in total. The molecule has 0 unspecified atom stereocenters. The van der Waals surface area contributed by atoms with E-state index in [1.54, 1.807) is 27.7 Å². The average molecular weight is 278 g/mol. The molecule has 1 aromatic rings. The highest BCUT2D eigenvalue weighted by atomic mass is 16.5. The van der Waals surface area contributed by atoms with Gasteiger partial charge in [-0.1, -0.05) is 24.3 Å². The molecule has 0 N–H and O–H groups in total. The third-order valence-corrected chi connectivity index (χ3v) is 3.72. The first-order valence-electron chi connectivity index (χ1n) is 6.45. The highest BCUT2D eigenvalue weighted by molar-refractivity contribution is 5.83. The van der Waals surface area contributed by atoms with Crippen LogP contribution in [0.2, 0.25) is 0 Å². The van der Waals surface area contributed by atoms with Crippen LogP contribution in [0.1, 0.15) is 38.8 Å². The Labute approximate surface area is 120 Å². The van der Waals surface area contributed by atoms with Gasteiger partial charge in [0.25, 0.3) is 0 Å². The Kier molecular flexibility index (Phi) is 4.58. The number of ether oxygens (including phenoxy) is 2. The van der Waals surface area contributed by atoms with E-state index < -0.39 is 10.8 Å². The highest BCUT2D eigenvalue weighted by Crippen LogP contribution is 2.29. The van der Waals surface area contributed by atoms with Gasteiger partial charge in [0, 0.05) is 0 Å². The van der Waals surface area contributed by atoms with Crippen molar-refractivity contribution in [2.75, 3.05) is 14.2 Å². The Hall–Kier alpha value is -1.84. The fourth-order valence-electron chi connectivity index (χ4n) is 2.05. The summed E-state index contributed by atoms with van der Waals surface area (Å²) in [7, 11) is 2.75. The third kappa shape index (κ3) is 2.84. The molecule has 1 aromatic carbocycles. The van der Waals surface area contributed by atoms with Crippen molar-refractivity contribution in [3.63, 3.8) is 0 Å². The van der Waals surface area contributed by atoms with E-state index in [0.717, 1.165) is 11.1 Å². The summed E-state index contributed by atoms with van der Waals surface area (Å²) in [6, 6.07) is 7.38. The van der Waals surface area contributed by atoms with E-state index in [1.807, 2.05) is 24.3 Å². The highest BCUT2D eigenvalue weighted by Gasteiger charge is 2.33. The number of carbonyl (C=O) groups excluding carboxylic acids is 2. The van der Waals surface area contributed by atoms with Gasteiger partial charge in [0.2, 0.25) is 0 Å². The Morgan fingerprint density at radius 1 is 0.750 bits per heavy atom. The Balaban J connectivity index is 3.12. The molecule has 0 atom stereocenters. The second-order valence-corrected chi connectivity index (χ2v) is 5.81. The lowest BCUT2D eigenvalue weighted by Crippen LogP contribution is -2.32. The summed E-state index contributed by atoms with van der Waals surface area (Å²) in [4.78, 5) is 23.5. The van der Waals surface area contributed by atoms with Gasteiger partial charge in [-0.25, -0.2) is 0 Å². The second kappa shape index (κ2) is 5.65. The van der Waals surface area contributed by atoms with E-state index in [2.05, 4.69) is 0 Å². The van der Waals surface area contributed by atoms with Crippen molar-refractivity contribution >= 4 is 11.9 Å². The lowest BCUT2D eigenvalue weighted by atomic mass is 9.80. The number of hydrogen-bond donors (Lipinski definition) is 0. The minimum atomic E-state index is -0.720. The van der Waals surface area contributed by atoms with Crippen molar-refractivity contribution in [2.24, 2.45) is 0 Å². The van der Waals surface area contributed by atoms with Crippen molar-refractivity contribution in [1.29, 1.82) is 0 Å². The summed E-state index contributed by atoms with van der Waals surface area (Å²) >= 11 is 0. The maximum absolute atomic E-state index is 11.8. The van der Waals surface area contributed by atoms with Crippen LogP contribution in [0.15, 0.2) is 24.3 Å². The van der Waals surface area contributed by atoms with E-state index in [4.69, 9.17) is 9.47 Å². The van der Waals surface area contributed by atoms with Crippen molar-refractivity contribution in [2.45, 2.75) is 38.5 Å². The summed E-state index contributed by atoms with van der Waals surface area (Å²) in [5.41, 5.74) is 0.244. The van der Waals surface area contributed by atoms with Crippen LogP contribution in [0.25, 0.3) is 0 Å². The van der Waals surface area contributed by atoms with Gasteiger partial charge in [0.05, 0.1) is 25.0 Å². The van der Waals surface area contributed by atoms with E-state index in [1.165, 1.54) is 14.2 Å². The van der Waals surface area contributed by atoms with Crippen LogP contribution in [0.4, 0.5) is 0 Å². The minimum absolute atomic E-state index is 0.294. The van der Waals surface area contributed by atoms with Gasteiger partial charge in [-0.15, -0.1) is 0 Å². The van der Waals surface area contributed by atoms with E-state index in [-0.39, 0.29) is 11.9 Å². The Morgan fingerprint density at radius 2 is 1.00 bits per heavy atom. The topological polar surface area (TPSA) is 52.6 Å². The van der Waals surface area contributed by atoms with Gasteiger partial charge >= 0.3 is 11.9 Å². The van der Waals surface area contributed by atoms with Crippen molar-refractivity contribution in [1.82, 2.24) is 0 Å². The standard InChI is InChI=1S/C16H22O4/c1-15(2,13(17)19-5)11-7-9-12(10-8-11)16(3,4)14(18)20-6/h7-10H,1-6H3. The molecule has 1 rings (SSSR count). The first kappa shape index (κ1) is 16.2. The molecule has 0 saturated carbocycles. The van der Waals surface area contributed by atoms with Crippen molar-refractivity contribution in [3.8, 4) is 0 Å². The van der Waals surface area contributed by atoms with E-state index in [9.17, 15) is 9.59 Å². The molecule has 0 aliphatic rings. The molecule has 0 aromatic heterocycles. The molecule has 0 aliphatic carbocycles. The Bertz CT molecular complexity index is 451. The van der Waals surface area contributed by atoms with Gasteiger partial charge in [-0.3, -0.25) is 9.59 Å². The molecule has 0 spiro atoms. The summed E-state index contributed by atoms with van der Waals surface area (Å²) in [5.74, 6) is -0.588. The normalized spacial score (nSPS) is 11.9. The van der Waals surface area contributed by atoms with Crippen LogP contribution in [-0.4, -0.2) is 26.2 Å². The van der Waals surface area contributed by atoms with Gasteiger partial charge in [0.15, 0.2) is 0 Å². The number of rotatable bonds is 4. The maximum atomic E-state index is 11.8. The summed E-state index contributed by atoms with van der Waals surface area (Å²) in [6.07, 6.45) is 0. The van der Waals surface area contributed by atoms with E-state index >= 15 is 0 Å². The molecule has 0 radical (unpaired) electrons. The van der Waals surface area contributed by atoms with Gasteiger partial charge in [0.1, 0.15) is 0 Å². The predicted octanol–water partition coefficient (Wildman–Crippen LogP) is 2.59. The molecule has 0 saturated heterocycles. The Morgan fingerprint density at radius 3 is 1.20 bits per heavy atom. The number of esters is 2. The quantitative estimate of drug-likeness (QED) is 0.794. The largest absolute Gasteiger partial charge is 0.468 e. The molecule has 4 heteroatoms. The predicted molar refractivity (Wildman–Crippen MR) is 76.5 cm³/mol. The zero-order chi connectivity index (χ0) is 15.6. The van der Waals surface area contributed by atoms with Crippen LogP contribution in [0.3, 0.4) is 0 Å². The zero-order valence-corrected chi connectivity index (χ0v) is 12.9. The third-order valence-electron chi connectivity index (χ3n) is 3.72. The maximum Gasteiger partial charge on any atom is 0.315 e. The molecule has 20 heavy (non-hydrogen) atoms. The first-order valence-corrected chi connectivity index (χ1v) is 6.45. The van der Waals surface area contributed by atoms with Gasteiger partial charge in [-0.2, -0.15) is 0 Å². The molecular weight excluding hydrogens is 256 g/mol. The number of carbonyl (C=O) groups is 2. The van der Waals surface area contributed by atoms with Crippen LogP contribution in [0, 0.1) is 0 Å². The van der Waals surface area contributed by atoms with Gasteiger partial charge in [-0.05, 0) is 38.8 Å². The fourth-order valence-corrected chi connectivity index (χ4v) is 2.05. The fraction of sp³-hybridized carbons (Fsp3) is 0.500. The van der Waals surface area contributed by atoms with Crippen molar-refractivity contribution < 1.29 is 19.1 Å². The number of hydrogen-bond acceptors (Lipinski definition) is 4. The number of methoxy groups -OCH3 is 2. The first-order chi connectivity index (χ1) is 9.17. The monoisotopic (exact) mass is 278 g/mol. The minimum Gasteiger partial charge on any atom is -0.468 e. The lowest BCUT2D eigenvalue weighted by molar-refractivity contribution is -0.147. The second-order valence-electron chi connectivity index (χ2n) is 5.81. The molecule has 0 aliphatic heterocycles. The summed E-state index contributed by atoms with van der Waals surface area (Å²) in [5, 5.41) is 0. The summed E-state index contributed by atoms with van der Waals surface area (Å²) < 4.78 is 9.62. The van der Waals surface area contributed by atoms with Crippen LogP contribution in [-0.2, 0) is 29.9 Å².